The zero-order valence-electron chi connectivity index (χ0n) is 31.3. The Labute approximate surface area is 337 Å². The van der Waals surface area contributed by atoms with E-state index in [1.54, 1.807) is 0 Å². The Balaban J connectivity index is 1.09. The maximum atomic E-state index is 7.29. The first-order valence-corrected chi connectivity index (χ1v) is 19.2. The summed E-state index contributed by atoms with van der Waals surface area (Å²) in [4.78, 5) is 18.6. The molecular weight excluding hydrogens is 709 g/mol. The maximum absolute atomic E-state index is 7.29. The fraction of sp³-hybridized carbons (Fsp3) is 0.0189. The maximum Gasteiger partial charge on any atom is 0.187 e. The molecule has 5 heteroatoms. The van der Waals surface area contributed by atoms with Gasteiger partial charge < -0.3 is 4.74 Å². The van der Waals surface area contributed by atoms with E-state index in [0.29, 0.717) is 23.2 Å². The van der Waals surface area contributed by atoms with Crippen molar-refractivity contribution in [2.24, 2.45) is 0 Å². The Bertz CT molecular complexity index is 2920. The lowest BCUT2D eigenvalue weighted by Gasteiger charge is -2.41. The average molecular weight is 743 g/mol. The van der Waals surface area contributed by atoms with Gasteiger partial charge in [-0.15, -0.1) is 0 Å². The number of aromatic nitrogens is 3. The van der Waals surface area contributed by atoms with Gasteiger partial charge in [0.05, 0.1) is 12.0 Å². The van der Waals surface area contributed by atoms with Crippen LogP contribution >= 0.6 is 0 Å². The lowest BCUT2D eigenvalue weighted by Crippen LogP contribution is -2.34. The van der Waals surface area contributed by atoms with Gasteiger partial charge in [-0.25, -0.2) is 19.8 Å². The van der Waals surface area contributed by atoms with Gasteiger partial charge in [-0.3, -0.25) is 0 Å². The van der Waals surface area contributed by atoms with Crippen molar-refractivity contribution in [3.8, 4) is 67.9 Å². The van der Waals surface area contributed by atoms with E-state index >= 15 is 0 Å². The third kappa shape index (κ3) is 6.10. The van der Waals surface area contributed by atoms with E-state index in [9.17, 15) is 0 Å². The molecule has 0 atom stereocenters. The molecule has 0 radical (unpaired) electrons. The Morgan fingerprint density at radius 2 is 0.810 bits per heavy atom. The monoisotopic (exact) mass is 742 g/mol. The summed E-state index contributed by atoms with van der Waals surface area (Å²) >= 11 is 0. The molecule has 0 fully saturated rings. The van der Waals surface area contributed by atoms with Crippen molar-refractivity contribution in [2.45, 2.75) is 5.41 Å². The van der Waals surface area contributed by atoms with Crippen LogP contribution in [0.25, 0.3) is 61.3 Å². The lowest BCUT2D eigenvalue weighted by molar-refractivity contribution is 0.434. The number of para-hydroxylation sites is 1. The molecule has 1 aliphatic heterocycles. The second-order valence-electron chi connectivity index (χ2n) is 14.3. The van der Waals surface area contributed by atoms with Gasteiger partial charge in [0.25, 0.3) is 0 Å². The molecule has 0 bridgehead atoms. The van der Waals surface area contributed by atoms with Gasteiger partial charge in [-0.1, -0.05) is 182 Å². The van der Waals surface area contributed by atoms with Gasteiger partial charge in [0.15, 0.2) is 23.2 Å². The number of benzene rings is 8. The number of nitrogens with zero attached hydrogens (tertiary/aromatic N) is 4. The molecule has 0 N–H and O–H groups in total. The van der Waals surface area contributed by atoms with E-state index in [0.717, 1.165) is 61.6 Å². The fourth-order valence-corrected chi connectivity index (χ4v) is 8.11. The smallest absolute Gasteiger partial charge is 0.187 e. The van der Waals surface area contributed by atoms with Crippen molar-refractivity contribution < 1.29 is 4.74 Å². The molecule has 0 saturated carbocycles. The molecular formula is C53H34N4O. The molecule has 1 aliphatic rings. The summed E-state index contributed by atoms with van der Waals surface area (Å²) in [6, 6.07) is 70.7. The average Bonchev–Trinajstić information content (AvgIpc) is 3.31. The minimum atomic E-state index is -0.620. The highest BCUT2D eigenvalue weighted by Crippen LogP contribution is 2.55. The van der Waals surface area contributed by atoms with E-state index < -0.39 is 5.41 Å². The Hall–Kier alpha value is -7.94. The quantitative estimate of drug-likeness (QED) is 0.153. The lowest BCUT2D eigenvalue weighted by atomic mass is 9.63. The Morgan fingerprint density at radius 1 is 0.362 bits per heavy atom. The van der Waals surface area contributed by atoms with E-state index in [1.165, 1.54) is 11.1 Å². The van der Waals surface area contributed by atoms with E-state index in [1.807, 2.05) is 72.8 Å². The highest BCUT2D eigenvalue weighted by molar-refractivity contribution is 5.78. The molecule has 58 heavy (non-hydrogen) atoms. The number of ether oxygens (including phenoxy) is 1. The minimum Gasteiger partial charge on any atom is -0.457 e. The van der Waals surface area contributed by atoms with E-state index in [-0.39, 0.29) is 0 Å². The molecule has 8 aromatic carbocycles. The van der Waals surface area contributed by atoms with Gasteiger partial charge >= 0.3 is 0 Å². The second kappa shape index (κ2) is 14.6. The van der Waals surface area contributed by atoms with Crippen LogP contribution in [0.4, 0.5) is 5.69 Å². The van der Waals surface area contributed by atoms with Crippen LogP contribution < -0.4 is 4.74 Å². The molecule has 2 heterocycles. The summed E-state index contributed by atoms with van der Waals surface area (Å²) < 4.78 is 6.67. The molecule has 0 unspecified atom stereocenters. The summed E-state index contributed by atoms with van der Waals surface area (Å²) in [6.07, 6.45) is 0. The SMILES string of the molecule is [C-]#[N+]c1ccc(-c2ccc(-c3nc(-c4ccccc4)nc(-c4cccc(-c5ccc6c(c5)C(c5ccccc5)(c5ccccc5)c5ccccc5O6)c4)n3)cc2)cc1. The van der Waals surface area contributed by atoms with Crippen molar-refractivity contribution >= 4 is 5.69 Å². The molecule has 272 valence electrons. The molecule has 0 aliphatic carbocycles. The summed E-state index contributed by atoms with van der Waals surface area (Å²) in [6.45, 7) is 7.29. The van der Waals surface area contributed by atoms with Crippen LogP contribution in [0.3, 0.4) is 0 Å². The van der Waals surface area contributed by atoms with Crippen molar-refractivity contribution in [1.29, 1.82) is 0 Å². The zero-order chi connectivity index (χ0) is 38.9. The Kier molecular flexibility index (Phi) is 8.70. The molecule has 1 aromatic heterocycles. The number of fused-ring (bicyclic) bond motifs is 2. The van der Waals surface area contributed by atoms with Gasteiger partial charge in [-0.2, -0.15) is 0 Å². The summed E-state index contributed by atoms with van der Waals surface area (Å²) in [5, 5.41) is 0. The normalized spacial score (nSPS) is 12.4. The predicted molar refractivity (Wildman–Crippen MR) is 232 cm³/mol. The van der Waals surface area contributed by atoms with Crippen LogP contribution in [0.5, 0.6) is 11.5 Å². The first-order chi connectivity index (χ1) is 28.7. The Morgan fingerprint density at radius 3 is 1.45 bits per heavy atom. The third-order valence-corrected chi connectivity index (χ3v) is 10.9. The minimum absolute atomic E-state index is 0.586. The van der Waals surface area contributed by atoms with Crippen LogP contribution in [0.15, 0.2) is 206 Å². The fourth-order valence-electron chi connectivity index (χ4n) is 8.11. The van der Waals surface area contributed by atoms with E-state index in [4.69, 9.17) is 26.3 Å². The summed E-state index contributed by atoms with van der Waals surface area (Å²) in [7, 11) is 0. The third-order valence-electron chi connectivity index (χ3n) is 10.9. The van der Waals surface area contributed by atoms with Crippen molar-refractivity contribution in [3.63, 3.8) is 0 Å². The van der Waals surface area contributed by atoms with Crippen LogP contribution in [0, 0.1) is 6.57 Å². The first kappa shape index (κ1) is 34.5. The van der Waals surface area contributed by atoms with Crippen LogP contribution in [-0.4, -0.2) is 15.0 Å². The standard InChI is InChI=1S/C53H34N4O/c1-54-45-31-28-37(29-32-45)36-24-26-39(27-25-36)51-55-50(38-14-5-2-6-15-38)56-52(57-51)42-17-13-16-40(34-42)41-30-33-49-47(35-41)53(43-18-7-3-8-19-43,44-20-9-4-10-21-44)46-22-11-12-23-48(46)58-49/h2-35H. The predicted octanol–water partition coefficient (Wildman–Crippen LogP) is 13.2. The van der Waals surface area contributed by atoms with E-state index in [2.05, 4.69) is 138 Å². The zero-order valence-corrected chi connectivity index (χ0v) is 31.3. The number of rotatable bonds is 7. The first-order valence-electron chi connectivity index (χ1n) is 19.2. The van der Waals surface area contributed by atoms with Crippen LogP contribution in [-0.2, 0) is 5.41 Å². The molecule has 10 rings (SSSR count). The molecule has 0 spiro atoms. The second-order valence-corrected chi connectivity index (χ2v) is 14.3. The molecule has 5 nitrogen and oxygen atoms in total. The van der Waals surface area contributed by atoms with Crippen LogP contribution in [0.1, 0.15) is 22.3 Å². The molecule has 9 aromatic rings. The van der Waals surface area contributed by atoms with Crippen molar-refractivity contribution in [2.75, 3.05) is 0 Å². The molecule has 0 saturated heterocycles. The van der Waals surface area contributed by atoms with Gasteiger partial charge in [0.2, 0.25) is 0 Å². The number of hydrogen-bond acceptors (Lipinski definition) is 4. The van der Waals surface area contributed by atoms with Gasteiger partial charge in [0.1, 0.15) is 11.5 Å². The highest BCUT2D eigenvalue weighted by Gasteiger charge is 2.45. The number of hydrogen-bond donors (Lipinski definition) is 0. The van der Waals surface area contributed by atoms with Crippen molar-refractivity contribution in [1.82, 2.24) is 15.0 Å². The van der Waals surface area contributed by atoms with Crippen molar-refractivity contribution in [3.05, 3.63) is 240 Å². The van der Waals surface area contributed by atoms with Crippen LogP contribution in [0.2, 0.25) is 0 Å². The topological polar surface area (TPSA) is 52.3 Å². The molecule has 0 amide bonds. The van der Waals surface area contributed by atoms with Gasteiger partial charge in [0, 0.05) is 27.8 Å². The summed E-state index contributed by atoms with van der Waals surface area (Å²) in [5.74, 6) is 3.45. The highest BCUT2D eigenvalue weighted by atomic mass is 16.5. The summed E-state index contributed by atoms with van der Waals surface area (Å²) in [5.41, 5.74) is 11.4. The largest absolute Gasteiger partial charge is 0.457 e. The van der Waals surface area contributed by atoms with Gasteiger partial charge in [-0.05, 0) is 57.6 Å².